The van der Waals surface area contributed by atoms with E-state index < -0.39 is 0 Å². The Morgan fingerprint density at radius 2 is 2.19 bits per heavy atom. The number of carbonyl (C=O) groups is 1. The van der Waals surface area contributed by atoms with Gasteiger partial charge in [-0.3, -0.25) is 9.48 Å². The third kappa shape index (κ3) is 2.09. The highest BCUT2D eigenvalue weighted by atomic mass is 16.2. The molecule has 2 rings (SSSR count). The van der Waals surface area contributed by atoms with Crippen molar-refractivity contribution < 1.29 is 4.79 Å². The van der Waals surface area contributed by atoms with E-state index in [4.69, 9.17) is 0 Å². The van der Waals surface area contributed by atoms with Crippen molar-refractivity contribution in [3.63, 3.8) is 0 Å². The van der Waals surface area contributed by atoms with E-state index in [9.17, 15) is 4.79 Å². The Balaban J connectivity index is 2.15. The molecule has 88 valence electrons. The Hall–Kier alpha value is -1.36. The molecule has 0 atom stereocenters. The van der Waals surface area contributed by atoms with Crippen LogP contribution >= 0.6 is 0 Å². The van der Waals surface area contributed by atoms with Crippen LogP contribution in [0.25, 0.3) is 0 Å². The minimum absolute atomic E-state index is 0.0937. The molecule has 1 amide bonds. The number of nitrogens with zero attached hydrogens (tertiary/aromatic N) is 3. The number of hydrogen-bond donors (Lipinski definition) is 1. The van der Waals surface area contributed by atoms with Gasteiger partial charge in [-0.25, -0.2) is 0 Å². The fourth-order valence-electron chi connectivity index (χ4n) is 1.93. The molecule has 0 radical (unpaired) electrons. The molecule has 0 unspecified atom stereocenters. The number of piperazine rings is 1. The van der Waals surface area contributed by atoms with E-state index in [0.29, 0.717) is 5.69 Å². The van der Waals surface area contributed by atoms with Gasteiger partial charge in [0.05, 0.1) is 5.69 Å². The topological polar surface area (TPSA) is 50.2 Å². The van der Waals surface area contributed by atoms with Gasteiger partial charge < -0.3 is 10.2 Å². The van der Waals surface area contributed by atoms with Crippen LogP contribution in [0.3, 0.4) is 0 Å². The molecule has 16 heavy (non-hydrogen) atoms. The zero-order valence-electron chi connectivity index (χ0n) is 9.86. The number of aromatic nitrogens is 2. The second-order valence-corrected chi connectivity index (χ2v) is 4.04. The normalized spacial score (nSPS) is 16.5. The van der Waals surface area contributed by atoms with Gasteiger partial charge >= 0.3 is 0 Å². The second-order valence-electron chi connectivity index (χ2n) is 4.04. The van der Waals surface area contributed by atoms with Gasteiger partial charge in [0, 0.05) is 33.2 Å². The van der Waals surface area contributed by atoms with Crippen molar-refractivity contribution in [1.29, 1.82) is 0 Å². The molecule has 5 heteroatoms. The fourth-order valence-corrected chi connectivity index (χ4v) is 1.93. The minimum atomic E-state index is 0.0937. The van der Waals surface area contributed by atoms with E-state index in [0.717, 1.165) is 38.3 Å². The molecule has 1 saturated heterocycles. The highest BCUT2D eigenvalue weighted by molar-refractivity contribution is 5.92. The third-order valence-electron chi connectivity index (χ3n) is 2.92. The molecule has 1 aromatic rings. The van der Waals surface area contributed by atoms with Crippen molar-refractivity contribution in [2.45, 2.75) is 13.3 Å². The second kappa shape index (κ2) is 4.65. The van der Waals surface area contributed by atoms with Crippen molar-refractivity contribution in [3.05, 3.63) is 17.5 Å². The molecule has 0 saturated carbocycles. The first-order valence-electron chi connectivity index (χ1n) is 5.75. The molecule has 0 spiro atoms. The molecule has 0 bridgehead atoms. The lowest BCUT2D eigenvalue weighted by molar-refractivity contribution is 0.0724. The molecular weight excluding hydrogens is 204 g/mol. The van der Waals surface area contributed by atoms with Gasteiger partial charge in [-0.2, -0.15) is 5.10 Å². The Labute approximate surface area is 95.4 Å². The molecule has 5 nitrogen and oxygen atoms in total. The monoisotopic (exact) mass is 222 g/mol. The van der Waals surface area contributed by atoms with Crippen LogP contribution in [-0.4, -0.2) is 46.8 Å². The summed E-state index contributed by atoms with van der Waals surface area (Å²) in [7, 11) is 1.83. The lowest BCUT2D eigenvalue weighted by atomic mass is 10.2. The summed E-state index contributed by atoms with van der Waals surface area (Å²) in [5, 5.41) is 7.53. The van der Waals surface area contributed by atoms with E-state index in [1.54, 1.807) is 4.68 Å². The van der Waals surface area contributed by atoms with Crippen LogP contribution in [0.1, 0.15) is 23.1 Å². The molecule has 1 aliphatic rings. The lowest BCUT2D eigenvalue weighted by Gasteiger charge is -2.27. The molecule has 0 aromatic carbocycles. The van der Waals surface area contributed by atoms with Gasteiger partial charge in [0.15, 0.2) is 0 Å². The van der Waals surface area contributed by atoms with E-state index in [1.165, 1.54) is 0 Å². The summed E-state index contributed by atoms with van der Waals surface area (Å²) in [5.41, 5.74) is 1.67. The van der Waals surface area contributed by atoms with E-state index >= 15 is 0 Å². The van der Waals surface area contributed by atoms with Gasteiger partial charge in [0.1, 0.15) is 5.69 Å². The first kappa shape index (κ1) is 11.1. The van der Waals surface area contributed by atoms with Crippen molar-refractivity contribution >= 4 is 5.91 Å². The van der Waals surface area contributed by atoms with Gasteiger partial charge in [-0.15, -0.1) is 0 Å². The fraction of sp³-hybridized carbons (Fsp3) is 0.636. The summed E-state index contributed by atoms with van der Waals surface area (Å²) in [4.78, 5) is 14.1. The van der Waals surface area contributed by atoms with Crippen molar-refractivity contribution in [3.8, 4) is 0 Å². The molecule has 1 fully saturated rings. The molecule has 2 heterocycles. The molecule has 1 aliphatic heterocycles. The van der Waals surface area contributed by atoms with Crippen LogP contribution in [0.4, 0.5) is 0 Å². The Kier molecular flexibility index (Phi) is 3.24. The summed E-state index contributed by atoms with van der Waals surface area (Å²) in [6.07, 6.45) is 0.864. The Bertz CT molecular complexity index is 379. The van der Waals surface area contributed by atoms with Crippen LogP contribution in [0.15, 0.2) is 6.07 Å². The number of amides is 1. The number of nitrogens with one attached hydrogen (secondary N) is 1. The maximum absolute atomic E-state index is 12.2. The number of carbonyl (C=O) groups excluding carboxylic acids is 1. The van der Waals surface area contributed by atoms with Gasteiger partial charge in [-0.05, 0) is 12.5 Å². The zero-order valence-corrected chi connectivity index (χ0v) is 9.86. The van der Waals surface area contributed by atoms with Crippen molar-refractivity contribution in [2.24, 2.45) is 7.05 Å². The van der Waals surface area contributed by atoms with Crippen LogP contribution in [0, 0.1) is 0 Å². The van der Waals surface area contributed by atoms with E-state index in [2.05, 4.69) is 10.4 Å². The highest BCUT2D eigenvalue weighted by Crippen LogP contribution is 2.08. The van der Waals surface area contributed by atoms with Gasteiger partial charge in [0.2, 0.25) is 0 Å². The maximum atomic E-state index is 12.2. The molecular formula is C11H18N4O. The van der Waals surface area contributed by atoms with Crippen LogP contribution < -0.4 is 5.32 Å². The van der Waals surface area contributed by atoms with Gasteiger partial charge in [-0.1, -0.05) is 6.92 Å². The standard InChI is InChI=1S/C11H18N4O/c1-3-9-8-10(14(2)13-9)11(16)15-6-4-12-5-7-15/h8,12H,3-7H2,1-2H3. The highest BCUT2D eigenvalue weighted by Gasteiger charge is 2.21. The molecule has 0 aliphatic carbocycles. The molecule has 1 N–H and O–H groups in total. The van der Waals surface area contributed by atoms with Crippen molar-refractivity contribution in [1.82, 2.24) is 20.0 Å². The summed E-state index contributed by atoms with van der Waals surface area (Å²) in [5.74, 6) is 0.0937. The van der Waals surface area contributed by atoms with Crippen LogP contribution in [0.2, 0.25) is 0 Å². The summed E-state index contributed by atoms with van der Waals surface area (Å²) >= 11 is 0. The van der Waals surface area contributed by atoms with E-state index in [-0.39, 0.29) is 5.91 Å². The number of rotatable bonds is 2. The zero-order chi connectivity index (χ0) is 11.5. The number of aryl methyl sites for hydroxylation is 2. The third-order valence-corrected chi connectivity index (χ3v) is 2.92. The lowest BCUT2D eigenvalue weighted by Crippen LogP contribution is -2.46. The average molecular weight is 222 g/mol. The molecule has 1 aromatic heterocycles. The predicted octanol–water partition coefficient (Wildman–Crippen LogP) is 0.0279. The summed E-state index contributed by atoms with van der Waals surface area (Å²) in [6.45, 7) is 5.37. The SMILES string of the molecule is CCc1cc(C(=O)N2CCNCC2)n(C)n1. The predicted molar refractivity (Wildman–Crippen MR) is 61.4 cm³/mol. The average Bonchev–Trinajstić information content (AvgIpc) is 2.71. The summed E-state index contributed by atoms with van der Waals surface area (Å²) in [6, 6.07) is 1.89. The van der Waals surface area contributed by atoms with Crippen LogP contribution in [0.5, 0.6) is 0 Å². The Morgan fingerprint density at radius 3 is 2.75 bits per heavy atom. The first-order valence-corrected chi connectivity index (χ1v) is 5.75. The van der Waals surface area contributed by atoms with E-state index in [1.807, 2.05) is 24.9 Å². The Morgan fingerprint density at radius 1 is 1.50 bits per heavy atom. The quantitative estimate of drug-likeness (QED) is 0.768. The van der Waals surface area contributed by atoms with Gasteiger partial charge in [0.25, 0.3) is 5.91 Å². The number of hydrogen-bond acceptors (Lipinski definition) is 3. The maximum Gasteiger partial charge on any atom is 0.272 e. The van der Waals surface area contributed by atoms with Crippen molar-refractivity contribution in [2.75, 3.05) is 26.2 Å². The largest absolute Gasteiger partial charge is 0.335 e. The first-order chi connectivity index (χ1) is 7.72. The van der Waals surface area contributed by atoms with Crippen LogP contribution in [-0.2, 0) is 13.5 Å². The minimum Gasteiger partial charge on any atom is -0.335 e. The summed E-state index contributed by atoms with van der Waals surface area (Å²) < 4.78 is 1.68. The smallest absolute Gasteiger partial charge is 0.272 e.